The number of rotatable bonds is 11. The van der Waals surface area contributed by atoms with Crippen LogP contribution in [0.1, 0.15) is 316 Å². The Bertz CT molecular complexity index is 5880. The van der Waals surface area contributed by atoms with Gasteiger partial charge in [-0.05, 0) is 216 Å². The first kappa shape index (κ1) is 89.6. The molecule has 122 heavy (non-hydrogen) atoms. The summed E-state index contributed by atoms with van der Waals surface area (Å²) in [7, 11) is 0. The molecule has 0 atom stereocenters. The van der Waals surface area contributed by atoms with Gasteiger partial charge in [-0.1, -0.05) is 365 Å². The second-order valence-electron chi connectivity index (χ2n) is 47.3. The van der Waals surface area contributed by atoms with Crippen molar-refractivity contribution in [1.29, 1.82) is 0 Å². The van der Waals surface area contributed by atoms with E-state index in [0.717, 1.165) is 94.8 Å². The Hall–Kier alpha value is -10.2. The lowest BCUT2D eigenvalue weighted by Gasteiger charge is -2.28. The minimum Gasteiger partial charge on any atom is -0.311 e. The molecule has 0 fully saturated rings. The van der Waals surface area contributed by atoms with Crippen LogP contribution in [0.3, 0.4) is 0 Å². The minimum atomic E-state index is -0.321. The van der Waals surface area contributed by atoms with Gasteiger partial charge in [-0.2, -0.15) is 0 Å². The molecular formula is C114H140N8. The Morgan fingerprint density at radius 3 is 0.770 bits per heavy atom. The van der Waals surface area contributed by atoms with Gasteiger partial charge in [0, 0.05) is 72.5 Å². The van der Waals surface area contributed by atoms with Crippen LogP contribution in [0.15, 0.2) is 194 Å². The van der Waals surface area contributed by atoms with E-state index >= 15 is 0 Å². The van der Waals surface area contributed by atoms with E-state index < -0.39 is 0 Å². The zero-order valence-electron chi connectivity index (χ0n) is 81.1. The van der Waals surface area contributed by atoms with Crippen molar-refractivity contribution in [3.8, 4) is 85.1 Å². The van der Waals surface area contributed by atoms with Crippen LogP contribution in [0.5, 0.6) is 0 Å². The van der Waals surface area contributed by atoms with Crippen LogP contribution in [-0.2, 0) is 65.0 Å². The lowest BCUT2D eigenvalue weighted by Crippen LogP contribution is -2.19. The summed E-state index contributed by atoms with van der Waals surface area (Å²) in [6.07, 6.45) is 0. The molecule has 8 heteroatoms. The summed E-state index contributed by atoms with van der Waals surface area (Å²) in [4.78, 5) is 37.7. The van der Waals surface area contributed by atoms with Gasteiger partial charge in [0.2, 0.25) is 0 Å². The number of aromatic nitrogens is 7. The van der Waals surface area contributed by atoms with Crippen molar-refractivity contribution < 1.29 is 0 Å². The van der Waals surface area contributed by atoms with Crippen LogP contribution < -0.4 is 4.90 Å². The molecule has 0 aliphatic heterocycles. The Kier molecular flexibility index (Phi) is 22.7. The number of hydrogen-bond acceptors (Lipinski definition) is 7. The average Bonchev–Trinajstić information content (AvgIpc) is 1.55. The molecule has 3 heterocycles. The molecule has 0 unspecified atom stereocenters. The summed E-state index contributed by atoms with van der Waals surface area (Å²) in [5.74, 6) is 3.47. The van der Waals surface area contributed by atoms with E-state index in [9.17, 15) is 0 Å². The fraction of sp³-hybridized carbons (Fsp3) is 0.421. The van der Waals surface area contributed by atoms with Crippen LogP contribution in [0.25, 0.3) is 107 Å². The first-order chi connectivity index (χ1) is 56.0. The Balaban J connectivity index is 1.20. The van der Waals surface area contributed by atoms with Gasteiger partial charge in [0.1, 0.15) is 0 Å². The molecular weight excluding hydrogens is 1480 g/mol. The smallest absolute Gasteiger partial charge is 0.164 e. The lowest BCUT2D eigenvalue weighted by molar-refractivity contribution is 0.568. The molecule has 0 aliphatic rings. The number of anilines is 3. The van der Waals surface area contributed by atoms with Crippen molar-refractivity contribution in [2.75, 3.05) is 4.90 Å². The normalized spacial score (nSPS) is 13.4. The highest BCUT2D eigenvalue weighted by molar-refractivity contribution is 6.15. The first-order valence-electron chi connectivity index (χ1n) is 44.6. The van der Waals surface area contributed by atoms with Gasteiger partial charge in [0.15, 0.2) is 34.9 Å². The number of fused-ring (bicyclic) bond motifs is 3. The highest BCUT2D eigenvalue weighted by Gasteiger charge is 2.35. The van der Waals surface area contributed by atoms with Crippen molar-refractivity contribution in [3.63, 3.8) is 0 Å². The molecule has 0 saturated carbocycles. The number of benzene rings is 10. The van der Waals surface area contributed by atoms with Gasteiger partial charge in [-0.25, -0.2) is 29.9 Å². The zero-order chi connectivity index (χ0) is 89.7. The zero-order valence-corrected chi connectivity index (χ0v) is 81.1. The molecule has 10 aromatic carbocycles. The Morgan fingerprint density at radius 1 is 0.197 bits per heavy atom. The van der Waals surface area contributed by atoms with Crippen molar-refractivity contribution in [2.45, 2.75) is 314 Å². The third-order valence-electron chi connectivity index (χ3n) is 24.8. The van der Waals surface area contributed by atoms with E-state index in [1.165, 1.54) is 61.0 Å². The maximum atomic E-state index is 6.03. The monoisotopic (exact) mass is 1620 g/mol. The summed E-state index contributed by atoms with van der Waals surface area (Å²) in [6, 6.07) is 74.4. The van der Waals surface area contributed by atoms with Crippen LogP contribution in [0.4, 0.5) is 17.1 Å². The van der Waals surface area contributed by atoms with E-state index in [1.807, 2.05) is 0 Å². The summed E-state index contributed by atoms with van der Waals surface area (Å²) < 4.78 is 2.53. The van der Waals surface area contributed by atoms with Crippen molar-refractivity contribution in [1.82, 2.24) is 34.5 Å². The number of nitrogens with zero attached hydrogens (tertiary/aromatic N) is 8. The van der Waals surface area contributed by atoms with E-state index in [-0.39, 0.29) is 65.0 Å². The second kappa shape index (κ2) is 30.9. The summed E-state index contributed by atoms with van der Waals surface area (Å²) in [5, 5.41) is 2.33. The predicted molar refractivity (Wildman–Crippen MR) is 525 cm³/mol. The molecule has 0 saturated heterocycles. The summed E-state index contributed by atoms with van der Waals surface area (Å²) in [5.41, 5.74) is 26.3. The standard InChI is InChI=1S/C114H140N8/c1-103(2,3)70-38-47-78(48-39-70)121(79-49-40-71(41-50-79)104(4,5)6)80-51-53-81(54-52-80)122-95-60-46-72(105(7,8)9)62-87(95)89-64-77(110(22,23)24)63-88(96(89)122)82-55-37-69(97-115-98(83-56-42-73(106(10,11)12)65-91(83)111(25,26)27)117-99(116-97)84-57-43-74(107(13,14)15)66-92(84)112(28,29)30)61-90(82)102-119-100(85-58-44-75(108(16,17)18)67-93(85)113(31,32)33)118-101(120-102)86-59-45-76(109(19,20)21)68-94(86)114(34,35)36/h37-68H,1-36H3. The van der Waals surface area contributed by atoms with E-state index in [0.29, 0.717) is 34.9 Å². The molecule has 13 aromatic rings. The van der Waals surface area contributed by atoms with Gasteiger partial charge in [0.05, 0.1) is 11.0 Å². The molecule has 0 spiro atoms. The van der Waals surface area contributed by atoms with E-state index in [2.05, 4.69) is 453 Å². The molecule has 13 rings (SSSR count). The highest BCUT2D eigenvalue weighted by Crippen LogP contribution is 2.50. The van der Waals surface area contributed by atoms with Gasteiger partial charge in [-0.3, -0.25) is 0 Å². The third kappa shape index (κ3) is 18.4. The second-order valence-corrected chi connectivity index (χ2v) is 47.3. The molecule has 0 N–H and O–H groups in total. The Morgan fingerprint density at radius 2 is 0.459 bits per heavy atom. The van der Waals surface area contributed by atoms with Gasteiger partial charge in [0.25, 0.3) is 0 Å². The lowest BCUT2D eigenvalue weighted by atomic mass is 9.78. The van der Waals surface area contributed by atoms with Gasteiger partial charge < -0.3 is 9.47 Å². The SMILES string of the molecule is CC(C)(C)c1ccc(N(c2ccc(-n3c4ccc(C(C)(C)C)cc4c4cc(C(C)(C)C)cc(-c5ccc(-c6nc(-c7ccc(C(C)(C)C)cc7C(C)(C)C)nc(-c7ccc(C(C)(C)C)cc7C(C)(C)C)n6)cc5-c5nc(-c6ccc(C(C)(C)C)cc6C(C)(C)C)nc(-c6ccc(C(C)(C)C)cc6C(C)(C)C)n5)c43)cc2)c2ccc(C(C)(C)C)cc2)cc1. The van der Waals surface area contributed by atoms with Crippen LogP contribution in [0.2, 0.25) is 0 Å². The number of hydrogen-bond donors (Lipinski definition) is 0. The van der Waals surface area contributed by atoms with Crippen molar-refractivity contribution >= 4 is 38.9 Å². The quantitative estimate of drug-likeness (QED) is 0.128. The highest BCUT2D eigenvalue weighted by atomic mass is 15.1. The fourth-order valence-corrected chi connectivity index (χ4v) is 16.8. The van der Waals surface area contributed by atoms with Gasteiger partial charge >= 0.3 is 0 Å². The van der Waals surface area contributed by atoms with E-state index in [4.69, 9.17) is 29.9 Å². The average molecular weight is 1620 g/mol. The molecule has 0 amide bonds. The molecule has 8 nitrogen and oxygen atoms in total. The molecule has 0 aliphatic carbocycles. The van der Waals surface area contributed by atoms with Crippen LogP contribution >= 0.6 is 0 Å². The maximum Gasteiger partial charge on any atom is 0.164 e. The third-order valence-corrected chi connectivity index (χ3v) is 24.8. The summed E-state index contributed by atoms with van der Waals surface area (Å²) in [6.45, 7) is 83.0. The molecule has 0 bridgehead atoms. The topological polar surface area (TPSA) is 85.5 Å². The van der Waals surface area contributed by atoms with E-state index in [1.54, 1.807) is 0 Å². The Labute approximate surface area is 733 Å². The predicted octanol–water partition coefficient (Wildman–Crippen LogP) is 31.9. The van der Waals surface area contributed by atoms with Crippen molar-refractivity contribution in [2.24, 2.45) is 0 Å². The first-order valence-corrected chi connectivity index (χ1v) is 44.6. The fourth-order valence-electron chi connectivity index (χ4n) is 16.8. The molecule has 0 radical (unpaired) electrons. The van der Waals surface area contributed by atoms with Gasteiger partial charge in [-0.15, -0.1) is 0 Å². The molecule has 636 valence electrons. The maximum absolute atomic E-state index is 6.03. The van der Waals surface area contributed by atoms with Crippen molar-refractivity contribution in [3.05, 3.63) is 261 Å². The molecule has 3 aromatic heterocycles. The van der Waals surface area contributed by atoms with Crippen LogP contribution in [-0.4, -0.2) is 34.5 Å². The largest absolute Gasteiger partial charge is 0.311 e. The summed E-state index contributed by atoms with van der Waals surface area (Å²) >= 11 is 0. The van der Waals surface area contributed by atoms with Crippen LogP contribution in [0, 0.1) is 0 Å². The minimum absolute atomic E-state index is 0.0127.